The predicted molar refractivity (Wildman–Crippen MR) is 136 cm³/mol. The molecule has 6 nitrogen and oxygen atoms in total. The molecule has 0 saturated heterocycles. The van der Waals surface area contributed by atoms with E-state index in [1.165, 1.54) is 0 Å². The van der Waals surface area contributed by atoms with Crippen LogP contribution in [-0.2, 0) is 28.9 Å². The Morgan fingerprint density at radius 3 is 2.11 bits per heavy atom. The van der Waals surface area contributed by atoms with E-state index in [9.17, 15) is 19.8 Å². The van der Waals surface area contributed by atoms with Crippen molar-refractivity contribution >= 4 is 33.4 Å². The van der Waals surface area contributed by atoms with Gasteiger partial charge in [0.1, 0.15) is 0 Å². The average Bonchev–Trinajstić information content (AvgIpc) is 3.43. The molecular weight excluding hydrogens is 440 g/mol. The Morgan fingerprint density at radius 2 is 1.43 bits per heavy atom. The second kappa shape index (κ2) is 8.80. The van der Waals surface area contributed by atoms with E-state index in [0.29, 0.717) is 6.42 Å². The zero-order valence-electron chi connectivity index (χ0n) is 19.6. The molecule has 4 N–H and O–H groups in total. The third-order valence-electron chi connectivity index (χ3n) is 6.56. The lowest BCUT2D eigenvalue weighted by Crippen LogP contribution is -2.26. The summed E-state index contributed by atoms with van der Waals surface area (Å²) in [6.07, 6.45) is 4.52. The van der Waals surface area contributed by atoms with Gasteiger partial charge in [0.2, 0.25) is 11.6 Å². The molecule has 0 aliphatic heterocycles. The Bertz CT molecular complexity index is 1590. The number of aliphatic hydroxyl groups is 2. The quantitative estimate of drug-likeness (QED) is 0.215. The molecule has 35 heavy (non-hydrogen) atoms. The zero-order chi connectivity index (χ0) is 24.7. The van der Waals surface area contributed by atoms with Gasteiger partial charge in [-0.25, -0.2) is 0 Å². The van der Waals surface area contributed by atoms with Crippen molar-refractivity contribution in [1.82, 2.24) is 9.97 Å². The van der Waals surface area contributed by atoms with Crippen molar-refractivity contribution in [3.05, 3.63) is 106 Å². The molecule has 0 spiro atoms. The summed E-state index contributed by atoms with van der Waals surface area (Å²) in [4.78, 5) is 32.9. The Labute approximate surface area is 202 Å². The van der Waals surface area contributed by atoms with E-state index in [1.54, 1.807) is 6.20 Å². The monoisotopic (exact) mass is 466 g/mol. The standard InChI is InChI=1S/C29H26N2O4/c1-16(2)11-12-25-20(19-8-4-6-10-24(19)31-25)14-22-28(34)26(32)21(27(33)29(22)35)13-17-15-30-23-9-5-3-7-18(17)23/h3-11,15,30-32,35H,12-14H2,1-2H3. The van der Waals surface area contributed by atoms with Crippen LogP contribution in [0.15, 0.2) is 89.0 Å². The number of aromatic amines is 2. The fourth-order valence-corrected chi connectivity index (χ4v) is 4.69. The number of carbonyl (C=O) groups excluding carboxylic acids is 2. The van der Waals surface area contributed by atoms with E-state index in [1.807, 2.05) is 62.4 Å². The number of benzene rings is 2. The first-order chi connectivity index (χ1) is 16.8. The van der Waals surface area contributed by atoms with Crippen LogP contribution in [0.2, 0.25) is 0 Å². The highest BCUT2D eigenvalue weighted by Crippen LogP contribution is 2.32. The molecule has 5 rings (SSSR count). The molecule has 176 valence electrons. The van der Waals surface area contributed by atoms with Gasteiger partial charge in [-0.3, -0.25) is 9.59 Å². The van der Waals surface area contributed by atoms with Crippen molar-refractivity contribution in [2.24, 2.45) is 0 Å². The van der Waals surface area contributed by atoms with Crippen molar-refractivity contribution in [2.45, 2.75) is 33.1 Å². The predicted octanol–water partition coefficient (Wildman–Crippen LogP) is 5.72. The third-order valence-corrected chi connectivity index (χ3v) is 6.56. The number of aliphatic hydroxyl groups excluding tert-OH is 2. The summed E-state index contributed by atoms with van der Waals surface area (Å²) in [6.45, 7) is 4.02. The third kappa shape index (κ3) is 3.97. The van der Waals surface area contributed by atoms with Gasteiger partial charge in [0.05, 0.1) is 11.1 Å². The van der Waals surface area contributed by atoms with Crippen LogP contribution in [0.3, 0.4) is 0 Å². The number of rotatable bonds is 6. The van der Waals surface area contributed by atoms with Crippen LogP contribution in [0.1, 0.15) is 30.7 Å². The molecule has 1 aliphatic carbocycles. The van der Waals surface area contributed by atoms with Crippen LogP contribution in [0.4, 0.5) is 0 Å². The number of para-hydroxylation sites is 2. The van der Waals surface area contributed by atoms with Crippen LogP contribution in [-0.4, -0.2) is 31.7 Å². The molecule has 1 aliphatic rings. The van der Waals surface area contributed by atoms with Gasteiger partial charge < -0.3 is 20.2 Å². The number of ketones is 2. The number of aromatic nitrogens is 2. The summed E-state index contributed by atoms with van der Waals surface area (Å²) >= 11 is 0. The molecule has 0 bridgehead atoms. The van der Waals surface area contributed by atoms with Gasteiger partial charge in [-0.05, 0) is 37.1 Å². The van der Waals surface area contributed by atoms with E-state index in [4.69, 9.17) is 0 Å². The summed E-state index contributed by atoms with van der Waals surface area (Å²) in [7, 11) is 0. The fourth-order valence-electron chi connectivity index (χ4n) is 4.69. The van der Waals surface area contributed by atoms with Crippen molar-refractivity contribution in [2.75, 3.05) is 0 Å². The van der Waals surface area contributed by atoms with E-state index in [2.05, 4.69) is 16.0 Å². The van der Waals surface area contributed by atoms with Crippen LogP contribution in [0.25, 0.3) is 21.8 Å². The van der Waals surface area contributed by atoms with E-state index in [-0.39, 0.29) is 24.0 Å². The molecule has 2 heterocycles. The van der Waals surface area contributed by atoms with Crippen molar-refractivity contribution < 1.29 is 19.8 Å². The van der Waals surface area contributed by atoms with Gasteiger partial charge >= 0.3 is 0 Å². The molecule has 0 amide bonds. The maximum Gasteiger partial charge on any atom is 0.227 e. The molecule has 0 radical (unpaired) electrons. The number of fused-ring (bicyclic) bond motifs is 2. The maximum absolute atomic E-state index is 13.2. The van der Waals surface area contributed by atoms with E-state index < -0.39 is 23.1 Å². The fraction of sp³-hybridized carbons (Fsp3) is 0.172. The van der Waals surface area contributed by atoms with Crippen molar-refractivity contribution in [3.8, 4) is 0 Å². The number of H-pyrrole nitrogens is 2. The minimum absolute atomic E-state index is 0.0384. The molecule has 0 unspecified atom stereocenters. The smallest absolute Gasteiger partial charge is 0.227 e. The topological polar surface area (TPSA) is 106 Å². The van der Waals surface area contributed by atoms with Crippen molar-refractivity contribution in [3.63, 3.8) is 0 Å². The Balaban J connectivity index is 1.51. The minimum Gasteiger partial charge on any atom is -0.504 e. The zero-order valence-corrected chi connectivity index (χ0v) is 19.6. The first kappa shape index (κ1) is 22.5. The molecule has 0 atom stereocenters. The number of Topliss-reactive ketones (excluding diaryl/α,β-unsaturated/α-hetero) is 2. The molecule has 2 aromatic carbocycles. The van der Waals surface area contributed by atoms with Gasteiger partial charge in [-0.2, -0.15) is 0 Å². The van der Waals surface area contributed by atoms with E-state index >= 15 is 0 Å². The Hall–Kier alpha value is -4.32. The number of hydrogen-bond acceptors (Lipinski definition) is 4. The molecule has 4 aromatic rings. The largest absolute Gasteiger partial charge is 0.504 e. The second-order valence-electron chi connectivity index (χ2n) is 9.14. The average molecular weight is 467 g/mol. The summed E-state index contributed by atoms with van der Waals surface area (Å²) in [5.41, 5.74) is 5.27. The van der Waals surface area contributed by atoms with Crippen molar-refractivity contribution in [1.29, 1.82) is 0 Å². The second-order valence-corrected chi connectivity index (χ2v) is 9.14. The first-order valence-corrected chi connectivity index (χ1v) is 11.6. The first-order valence-electron chi connectivity index (χ1n) is 11.6. The molecule has 6 heteroatoms. The highest BCUT2D eigenvalue weighted by molar-refractivity contribution is 6.23. The summed E-state index contributed by atoms with van der Waals surface area (Å²) < 4.78 is 0. The minimum atomic E-state index is -0.715. The van der Waals surface area contributed by atoms with Gasteiger partial charge in [-0.1, -0.05) is 48.0 Å². The Morgan fingerprint density at radius 1 is 0.829 bits per heavy atom. The highest BCUT2D eigenvalue weighted by Gasteiger charge is 2.35. The number of carbonyl (C=O) groups is 2. The maximum atomic E-state index is 13.2. The lowest BCUT2D eigenvalue weighted by atomic mass is 9.86. The van der Waals surface area contributed by atoms with E-state index in [0.717, 1.165) is 44.2 Å². The summed E-state index contributed by atoms with van der Waals surface area (Å²) in [5, 5.41) is 23.5. The Kier molecular flexibility index (Phi) is 5.65. The van der Waals surface area contributed by atoms with Gasteiger partial charge in [0.15, 0.2) is 11.5 Å². The number of hydrogen-bond donors (Lipinski definition) is 4. The van der Waals surface area contributed by atoms with Crippen LogP contribution >= 0.6 is 0 Å². The number of allylic oxidation sites excluding steroid dienone is 4. The normalized spacial score (nSPS) is 14.5. The van der Waals surface area contributed by atoms with Crippen LogP contribution < -0.4 is 0 Å². The van der Waals surface area contributed by atoms with Gasteiger partial charge in [0, 0.05) is 53.0 Å². The molecule has 2 aromatic heterocycles. The molecular formula is C29H26N2O4. The lowest BCUT2D eigenvalue weighted by Gasteiger charge is -2.18. The summed E-state index contributed by atoms with van der Waals surface area (Å²) in [6, 6.07) is 15.3. The molecule has 0 saturated carbocycles. The van der Waals surface area contributed by atoms with Crippen LogP contribution in [0, 0.1) is 0 Å². The summed E-state index contributed by atoms with van der Waals surface area (Å²) in [5.74, 6) is -2.62. The molecule has 0 fully saturated rings. The van der Waals surface area contributed by atoms with Gasteiger partial charge in [-0.15, -0.1) is 0 Å². The highest BCUT2D eigenvalue weighted by atomic mass is 16.3. The lowest BCUT2D eigenvalue weighted by molar-refractivity contribution is -0.120. The van der Waals surface area contributed by atoms with Crippen LogP contribution in [0.5, 0.6) is 0 Å². The van der Waals surface area contributed by atoms with Gasteiger partial charge in [0.25, 0.3) is 0 Å². The number of nitrogens with one attached hydrogen (secondary N) is 2. The SMILES string of the molecule is CC(C)=CCc1[nH]c2ccccc2c1CC1=C(O)C(=O)C(Cc2c[nH]c3ccccc23)=C(O)C1=O.